The van der Waals surface area contributed by atoms with Crippen molar-refractivity contribution in [3.8, 4) is 5.75 Å². The minimum absolute atomic E-state index is 0.623. The molecule has 1 aromatic carbocycles. The second-order valence-corrected chi connectivity index (χ2v) is 5.39. The van der Waals surface area contributed by atoms with Gasteiger partial charge in [-0.3, -0.25) is 0 Å². The number of aryl methyl sites for hydroxylation is 1. The first kappa shape index (κ1) is 15.5. The van der Waals surface area contributed by atoms with Crippen LogP contribution < -0.4 is 10.1 Å². The summed E-state index contributed by atoms with van der Waals surface area (Å²) in [5.74, 6) is 0.934. The topological polar surface area (TPSA) is 21.3 Å². The summed E-state index contributed by atoms with van der Waals surface area (Å²) in [5, 5.41) is 3.56. The summed E-state index contributed by atoms with van der Waals surface area (Å²) in [6.07, 6.45) is 4.73. The zero-order valence-electron chi connectivity index (χ0n) is 11.6. The third-order valence-corrected chi connectivity index (χ3v) is 3.92. The van der Waals surface area contributed by atoms with E-state index in [9.17, 15) is 0 Å². The minimum atomic E-state index is 0.623. The first-order valence-corrected chi connectivity index (χ1v) is 7.56. The first-order valence-electron chi connectivity index (χ1n) is 6.77. The molecule has 0 spiro atoms. The van der Waals surface area contributed by atoms with Gasteiger partial charge in [-0.2, -0.15) is 0 Å². The minimum Gasteiger partial charge on any atom is -0.497 e. The van der Waals surface area contributed by atoms with E-state index in [0.29, 0.717) is 6.04 Å². The summed E-state index contributed by atoms with van der Waals surface area (Å²) in [5.41, 5.74) is 1.33. The fourth-order valence-corrected chi connectivity index (χ4v) is 2.63. The number of benzene rings is 1. The van der Waals surface area contributed by atoms with Crippen LogP contribution in [-0.4, -0.2) is 19.7 Å². The zero-order chi connectivity index (χ0) is 13.4. The second kappa shape index (κ2) is 8.54. The van der Waals surface area contributed by atoms with E-state index in [1.165, 1.54) is 29.3 Å². The zero-order valence-corrected chi connectivity index (χ0v) is 13.2. The quantitative estimate of drug-likeness (QED) is 0.777. The standard InChI is InChI=1S/C15H24BrNO/c1-4-6-13(17-5-2)8-7-12-11-14(18-3)9-10-15(12)16/h9-11,13,17H,4-8H2,1-3H3. The van der Waals surface area contributed by atoms with E-state index in [-0.39, 0.29) is 0 Å². The molecule has 0 fully saturated rings. The number of rotatable bonds is 8. The van der Waals surface area contributed by atoms with Crippen molar-refractivity contribution < 1.29 is 4.74 Å². The monoisotopic (exact) mass is 313 g/mol. The van der Waals surface area contributed by atoms with E-state index in [4.69, 9.17) is 4.74 Å². The van der Waals surface area contributed by atoms with Crippen LogP contribution in [0.1, 0.15) is 38.7 Å². The van der Waals surface area contributed by atoms with Gasteiger partial charge in [0.25, 0.3) is 0 Å². The van der Waals surface area contributed by atoms with Crippen molar-refractivity contribution in [3.63, 3.8) is 0 Å². The first-order chi connectivity index (χ1) is 8.71. The Hall–Kier alpha value is -0.540. The van der Waals surface area contributed by atoms with Gasteiger partial charge in [-0.05, 0) is 49.6 Å². The molecule has 1 unspecified atom stereocenters. The van der Waals surface area contributed by atoms with Crippen molar-refractivity contribution in [3.05, 3.63) is 28.2 Å². The molecule has 0 aliphatic carbocycles. The Bertz CT molecular complexity index is 348. The predicted octanol–water partition coefficient (Wildman–Crippen LogP) is 4.17. The van der Waals surface area contributed by atoms with Crippen molar-refractivity contribution in [2.24, 2.45) is 0 Å². The third kappa shape index (κ3) is 4.99. The van der Waals surface area contributed by atoms with E-state index in [1.54, 1.807) is 7.11 Å². The lowest BCUT2D eigenvalue weighted by Crippen LogP contribution is -2.29. The lowest BCUT2D eigenvalue weighted by atomic mass is 10.0. The molecule has 102 valence electrons. The molecule has 0 bridgehead atoms. The number of hydrogen-bond acceptors (Lipinski definition) is 2. The van der Waals surface area contributed by atoms with Crippen molar-refractivity contribution in [1.29, 1.82) is 0 Å². The van der Waals surface area contributed by atoms with Gasteiger partial charge in [0.15, 0.2) is 0 Å². The highest BCUT2D eigenvalue weighted by molar-refractivity contribution is 9.10. The van der Waals surface area contributed by atoms with Crippen LogP contribution in [0, 0.1) is 0 Å². The van der Waals surface area contributed by atoms with Crippen LogP contribution in [0.15, 0.2) is 22.7 Å². The lowest BCUT2D eigenvalue weighted by Gasteiger charge is -2.17. The molecule has 18 heavy (non-hydrogen) atoms. The van der Waals surface area contributed by atoms with Crippen LogP contribution in [0.5, 0.6) is 5.75 Å². The van der Waals surface area contributed by atoms with E-state index >= 15 is 0 Å². The van der Waals surface area contributed by atoms with E-state index in [2.05, 4.69) is 47.2 Å². The fraction of sp³-hybridized carbons (Fsp3) is 0.600. The molecule has 1 rings (SSSR count). The molecule has 1 atom stereocenters. The highest BCUT2D eigenvalue weighted by Crippen LogP contribution is 2.24. The molecule has 0 amide bonds. The second-order valence-electron chi connectivity index (χ2n) is 4.54. The number of ether oxygens (including phenoxy) is 1. The van der Waals surface area contributed by atoms with Gasteiger partial charge in [-0.1, -0.05) is 36.2 Å². The van der Waals surface area contributed by atoms with Gasteiger partial charge in [0.05, 0.1) is 7.11 Å². The molecule has 2 nitrogen and oxygen atoms in total. The highest BCUT2D eigenvalue weighted by atomic mass is 79.9. The number of methoxy groups -OCH3 is 1. The molecule has 0 saturated heterocycles. The Kier molecular flexibility index (Phi) is 7.36. The predicted molar refractivity (Wildman–Crippen MR) is 81.4 cm³/mol. The number of hydrogen-bond donors (Lipinski definition) is 1. The lowest BCUT2D eigenvalue weighted by molar-refractivity contribution is 0.413. The fourth-order valence-electron chi connectivity index (χ4n) is 2.18. The molecule has 1 aromatic rings. The van der Waals surface area contributed by atoms with Crippen molar-refractivity contribution in [1.82, 2.24) is 5.32 Å². The van der Waals surface area contributed by atoms with E-state index in [1.807, 2.05) is 6.07 Å². The Morgan fingerprint density at radius 2 is 2.06 bits per heavy atom. The molecular formula is C15H24BrNO. The average Bonchev–Trinajstić information content (AvgIpc) is 2.38. The molecule has 0 saturated carbocycles. The van der Waals surface area contributed by atoms with Crippen LogP contribution in [-0.2, 0) is 6.42 Å². The van der Waals surface area contributed by atoms with Crippen LogP contribution in [0.3, 0.4) is 0 Å². The van der Waals surface area contributed by atoms with Crippen molar-refractivity contribution >= 4 is 15.9 Å². The SMILES string of the molecule is CCCC(CCc1cc(OC)ccc1Br)NCC. The van der Waals surface area contributed by atoms with Crippen LogP contribution in [0.25, 0.3) is 0 Å². The largest absolute Gasteiger partial charge is 0.497 e. The van der Waals surface area contributed by atoms with Crippen LogP contribution in [0.2, 0.25) is 0 Å². The molecule has 0 aromatic heterocycles. The molecular weight excluding hydrogens is 290 g/mol. The van der Waals surface area contributed by atoms with Gasteiger partial charge in [-0.25, -0.2) is 0 Å². The molecule has 0 radical (unpaired) electrons. The number of halogens is 1. The van der Waals surface area contributed by atoms with Gasteiger partial charge in [0.1, 0.15) is 5.75 Å². The Balaban J connectivity index is 2.60. The molecule has 0 aliphatic rings. The normalized spacial score (nSPS) is 12.4. The third-order valence-electron chi connectivity index (χ3n) is 3.14. The van der Waals surface area contributed by atoms with E-state index in [0.717, 1.165) is 18.7 Å². The van der Waals surface area contributed by atoms with Crippen molar-refractivity contribution in [2.45, 2.75) is 45.6 Å². The van der Waals surface area contributed by atoms with E-state index < -0.39 is 0 Å². The maximum absolute atomic E-state index is 5.28. The molecule has 3 heteroatoms. The van der Waals surface area contributed by atoms with Crippen LogP contribution in [0.4, 0.5) is 0 Å². The highest BCUT2D eigenvalue weighted by Gasteiger charge is 2.08. The molecule has 1 N–H and O–H groups in total. The smallest absolute Gasteiger partial charge is 0.119 e. The van der Waals surface area contributed by atoms with Crippen LogP contribution >= 0.6 is 15.9 Å². The summed E-state index contributed by atoms with van der Waals surface area (Å²) in [6, 6.07) is 6.80. The summed E-state index contributed by atoms with van der Waals surface area (Å²) in [4.78, 5) is 0. The Morgan fingerprint density at radius 3 is 2.67 bits per heavy atom. The maximum Gasteiger partial charge on any atom is 0.119 e. The summed E-state index contributed by atoms with van der Waals surface area (Å²) in [6.45, 7) is 5.46. The van der Waals surface area contributed by atoms with Gasteiger partial charge < -0.3 is 10.1 Å². The Labute approximate surface area is 119 Å². The van der Waals surface area contributed by atoms with Crippen molar-refractivity contribution in [2.75, 3.05) is 13.7 Å². The number of nitrogens with one attached hydrogen (secondary N) is 1. The van der Waals surface area contributed by atoms with Gasteiger partial charge in [0.2, 0.25) is 0 Å². The maximum atomic E-state index is 5.28. The van der Waals surface area contributed by atoms with Gasteiger partial charge >= 0.3 is 0 Å². The van der Waals surface area contributed by atoms with Gasteiger partial charge in [-0.15, -0.1) is 0 Å². The summed E-state index contributed by atoms with van der Waals surface area (Å²) >= 11 is 3.61. The Morgan fingerprint density at radius 1 is 1.28 bits per heavy atom. The average molecular weight is 314 g/mol. The van der Waals surface area contributed by atoms with Gasteiger partial charge in [0, 0.05) is 10.5 Å². The summed E-state index contributed by atoms with van der Waals surface area (Å²) < 4.78 is 6.45. The molecule has 0 aliphatic heterocycles. The molecule has 0 heterocycles. The summed E-state index contributed by atoms with van der Waals surface area (Å²) in [7, 11) is 1.71.